The lowest BCUT2D eigenvalue weighted by Crippen LogP contribution is -2.17. The predicted octanol–water partition coefficient (Wildman–Crippen LogP) is 1.09. The van der Waals surface area contributed by atoms with E-state index in [1.54, 1.807) is 19.1 Å². The zero-order chi connectivity index (χ0) is 10.8. The van der Waals surface area contributed by atoms with Gasteiger partial charge in [-0.2, -0.15) is 5.10 Å². The Balaban J connectivity index is 2.40. The van der Waals surface area contributed by atoms with Crippen LogP contribution in [0, 0.1) is 0 Å². The molecule has 0 aliphatic carbocycles. The largest absolute Gasteiger partial charge is 0.461 e. The Bertz CT molecular complexity index is 446. The van der Waals surface area contributed by atoms with Crippen molar-refractivity contribution in [1.82, 2.24) is 4.68 Å². The maximum absolute atomic E-state index is 11.5. The van der Waals surface area contributed by atoms with Crippen LogP contribution in [-0.4, -0.2) is 29.3 Å². The van der Waals surface area contributed by atoms with E-state index >= 15 is 0 Å². The number of carbonyl (C=O) groups excluding carboxylic acids is 2. The lowest BCUT2D eigenvalue weighted by atomic mass is 10.2. The molecule has 1 aliphatic heterocycles. The molecule has 1 aromatic rings. The van der Waals surface area contributed by atoms with Crippen LogP contribution in [0.2, 0.25) is 0 Å². The van der Waals surface area contributed by atoms with Crippen LogP contribution in [0.25, 0.3) is 0 Å². The molecule has 15 heavy (non-hydrogen) atoms. The van der Waals surface area contributed by atoms with Gasteiger partial charge in [-0.25, -0.2) is 9.47 Å². The molecule has 0 aromatic carbocycles. The molecule has 2 rings (SSSR count). The Morgan fingerprint density at radius 2 is 2.40 bits per heavy atom. The van der Waals surface area contributed by atoms with E-state index in [0.29, 0.717) is 12.3 Å². The second-order valence-corrected chi connectivity index (χ2v) is 3.06. The fraction of sp³-hybridized carbons (Fsp3) is 0.300. The van der Waals surface area contributed by atoms with E-state index in [1.807, 2.05) is 0 Å². The number of ketones is 1. The van der Waals surface area contributed by atoms with Gasteiger partial charge in [-0.05, 0) is 19.1 Å². The van der Waals surface area contributed by atoms with Crippen LogP contribution in [-0.2, 0) is 4.74 Å². The summed E-state index contributed by atoms with van der Waals surface area (Å²) in [4.78, 5) is 22.9. The topological polar surface area (TPSA) is 60.7 Å². The highest BCUT2D eigenvalue weighted by molar-refractivity contribution is 6.05. The number of hydrogen-bond acceptors (Lipinski definition) is 4. The van der Waals surface area contributed by atoms with Gasteiger partial charge in [0.1, 0.15) is 5.69 Å². The van der Waals surface area contributed by atoms with Crippen molar-refractivity contribution in [1.29, 1.82) is 0 Å². The van der Waals surface area contributed by atoms with Crippen LogP contribution in [0.3, 0.4) is 0 Å². The summed E-state index contributed by atoms with van der Waals surface area (Å²) in [6.45, 7) is 2.03. The maximum atomic E-state index is 11.5. The molecule has 0 atom stereocenters. The molecule has 1 aliphatic rings. The van der Waals surface area contributed by atoms with E-state index in [1.165, 1.54) is 10.9 Å². The maximum Gasteiger partial charge on any atom is 0.356 e. The molecule has 0 saturated heterocycles. The number of esters is 1. The summed E-state index contributed by atoms with van der Waals surface area (Å²) in [6, 6.07) is 3.14. The fourth-order valence-corrected chi connectivity index (χ4v) is 1.43. The van der Waals surface area contributed by atoms with Crippen LogP contribution in [0.1, 0.15) is 34.3 Å². The fourth-order valence-electron chi connectivity index (χ4n) is 1.43. The number of fused-ring (bicyclic) bond motifs is 1. The molecule has 5 nitrogen and oxygen atoms in total. The average molecular weight is 206 g/mol. The van der Waals surface area contributed by atoms with Crippen molar-refractivity contribution in [3.8, 4) is 0 Å². The minimum Gasteiger partial charge on any atom is -0.461 e. The van der Waals surface area contributed by atoms with Gasteiger partial charge in [0.15, 0.2) is 11.5 Å². The first-order chi connectivity index (χ1) is 7.24. The second-order valence-electron chi connectivity index (χ2n) is 3.06. The molecule has 0 fully saturated rings. The summed E-state index contributed by atoms with van der Waals surface area (Å²) in [5.74, 6) is -0.504. The van der Waals surface area contributed by atoms with Gasteiger partial charge < -0.3 is 4.74 Å². The lowest BCUT2D eigenvalue weighted by Gasteiger charge is -2.09. The van der Waals surface area contributed by atoms with E-state index in [9.17, 15) is 9.59 Å². The molecule has 0 radical (unpaired) electrons. The van der Waals surface area contributed by atoms with Crippen LogP contribution < -0.4 is 0 Å². The van der Waals surface area contributed by atoms with Crippen molar-refractivity contribution in [3.63, 3.8) is 0 Å². The van der Waals surface area contributed by atoms with Crippen LogP contribution in [0.15, 0.2) is 17.2 Å². The normalized spacial score (nSPS) is 13.8. The van der Waals surface area contributed by atoms with E-state index in [0.717, 1.165) is 0 Å². The van der Waals surface area contributed by atoms with Gasteiger partial charge in [0, 0.05) is 12.6 Å². The Kier molecular flexibility index (Phi) is 2.37. The van der Waals surface area contributed by atoms with Crippen LogP contribution in [0.5, 0.6) is 0 Å². The first-order valence-corrected chi connectivity index (χ1v) is 4.69. The summed E-state index contributed by atoms with van der Waals surface area (Å²) in [6.07, 6.45) is 1.77. The molecule has 0 N–H and O–H groups in total. The van der Waals surface area contributed by atoms with Gasteiger partial charge in [-0.15, -0.1) is 0 Å². The van der Waals surface area contributed by atoms with Crippen LogP contribution in [0.4, 0.5) is 0 Å². The molecular formula is C10H10N2O3. The average Bonchev–Trinajstić information content (AvgIpc) is 2.63. The monoisotopic (exact) mass is 206 g/mol. The molecule has 2 heterocycles. The number of ether oxygens (including phenoxy) is 1. The standard InChI is InChI=1S/C10H10N2O3/c1-2-15-10(14)8-4-3-7-9(13)5-6-11-12(7)8/h3-4,6H,2,5H2,1H3. The van der Waals surface area contributed by atoms with E-state index in [-0.39, 0.29) is 17.9 Å². The number of Topliss-reactive ketones (excluding diaryl/α,β-unsaturated/α-hetero) is 1. The summed E-state index contributed by atoms with van der Waals surface area (Å²) in [5.41, 5.74) is 0.719. The third-order valence-electron chi connectivity index (χ3n) is 2.10. The molecule has 0 spiro atoms. The third kappa shape index (κ3) is 1.56. The van der Waals surface area contributed by atoms with Gasteiger partial charge in [0.25, 0.3) is 0 Å². The van der Waals surface area contributed by atoms with Crippen molar-refractivity contribution in [3.05, 3.63) is 23.5 Å². The molecule has 0 saturated carbocycles. The minimum atomic E-state index is -0.462. The van der Waals surface area contributed by atoms with Crippen molar-refractivity contribution < 1.29 is 14.3 Å². The summed E-state index contributed by atoms with van der Waals surface area (Å²) in [7, 11) is 0. The Morgan fingerprint density at radius 1 is 1.60 bits per heavy atom. The molecule has 1 aromatic heterocycles. The van der Waals surface area contributed by atoms with Crippen LogP contribution >= 0.6 is 0 Å². The second kappa shape index (κ2) is 3.68. The third-order valence-corrected chi connectivity index (χ3v) is 2.10. The first-order valence-electron chi connectivity index (χ1n) is 4.69. The SMILES string of the molecule is CCOC(=O)c1ccc2n1N=CCC2=O. The Hall–Kier alpha value is -1.91. The number of carbonyl (C=O) groups is 2. The quantitative estimate of drug-likeness (QED) is 0.680. The van der Waals surface area contributed by atoms with Gasteiger partial charge >= 0.3 is 5.97 Å². The number of aromatic nitrogens is 1. The highest BCUT2D eigenvalue weighted by Crippen LogP contribution is 2.15. The molecule has 0 bridgehead atoms. The van der Waals surface area contributed by atoms with Crippen molar-refractivity contribution in [2.75, 3.05) is 6.61 Å². The minimum absolute atomic E-state index is 0.0412. The van der Waals surface area contributed by atoms with Gasteiger partial charge in [-0.1, -0.05) is 0 Å². The Labute approximate surface area is 86.3 Å². The highest BCUT2D eigenvalue weighted by Gasteiger charge is 2.21. The summed E-state index contributed by atoms with van der Waals surface area (Å²) >= 11 is 0. The van der Waals surface area contributed by atoms with E-state index < -0.39 is 5.97 Å². The smallest absolute Gasteiger partial charge is 0.356 e. The van der Waals surface area contributed by atoms with E-state index in [4.69, 9.17) is 4.74 Å². The zero-order valence-corrected chi connectivity index (χ0v) is 8.27. The lowest BCUT2D eigenvalue weighted by molar-refractivity contribution is 0.0515. The van der Waals surface area contributed by atoms with Gasteiger partial charge in [-0.3, -0.25) is 4.79 Å². The molecule has 0 amide bonds. The number of rotatable bonds is 2. The molecule has 78 valence electrons. The molecule has 0 unspecified atom stereocenters. The van der Waals surface area contributed by atoms with Crippen molar-refractivity contribution >= 4 is 18.0 Å². The Morgan fingerprint density at radius 3 is 3.13 bits per heavy atom. The predicted molar refractivity (Wildman–Crippen MR) is 53.2 cm³/mol. The van der Waals surface area contributed by atoms with Crippen molar-refractivity contribution in [2.45, 2.75) is 13.3 Å². The van der Waals surface area contributed by atoms with Gasteiger partial charge in [0.05, 0.1) is 6.61 Å². The zero-order valence-electron chi connectivity index (χ0n) is 8.27. The number of hydrogen-bond donors (Lipinski definition) is 0. The highest BCUT2D eigenvalue weighted by atomic mass is 16.5. The van der Waals surface area contributed by atoms with E-state index in [2.05, 4.69) is 5.10 Å². The molecule has 5 heteroatoms. The first kappa shape index (κ1) is 9.64. The van der Waals surface area contributed by atoms with Gasteiger partial charge in [0.2, 0.25) is 0 Å². The van der Waals surface area contributed by atoms with Crippen molar-refractivity contribution in [2.24, 2.45) is 5.10 Å². The molecular weight excluding hydrogens is 196 g/mol. The number of nitrogens with zero attached hydrogens (tertiary/aromatic N) is 2. The summed E-state index contributed by atoms with van der Waals surface area (Å²) < 4.78 is 6.17. The summed E-state index contributed by atoms with van der Waals surface area (Å²) in [5, 5.41) is 3.98.